The molecule has 8 heteroatoms. The summed E-state index contributed by atoms with van der Waals surface area (Å²) < 4.78 is 12.1. The molecule has 220 valence electrons. The minimum atomic E-state index is -1.16. The van der Waals surface area contributed by atoms with Gasteiger partial charge in [-0.05, 0) is 82.2 Å². The number of hydrogen-bond donors (Lipinski definition) is 1. The van der Waals surface area contributed by atoms with Crippen molar-refractivity contribution in [2.75, 3.05) is 24.6 Å². The first-order valence-corrected chi connectivity index (χ1v) is 14.6. The van der Waals surface area contributed by atoms with Crippen molar-refractivity contribution in [1.82, 2.24) is 9.97 Å². The molecule has 1 aliphatic rings. The van der Waals surface area contributed by atoms with Crippen molar-refractivity contribution >= 4 is 23.3 Å². The van der Waals surface area contributed by atoms with E-state index in [0.717, 1.165) is 59.8 Å². The molecule has 7 nitrogen and oxygen atoms in total. The number of aliphatic carboxylic acids is 1. The maximum Gasteiger partial charge on any atom is 0.337 e. The van der Waals surface area contributed by atoms with Gasteiger partial charge in [-0.3, -0.25) is 9.97 Å². The highest BCUT2D eigenvalue weighted by Gasteiger charge is 2.36. The Balaban J connectivity index is 1.66. The van der Waals surface area contributed by atoms with Gasteiger partial charge in [0.2, 0.25) is 0 Å². The SMILES string of the molecule is Cc1ccc(CCOc2ccc(-c3cnc(C)c(C(OC(C)(C)C)C(=O)O)c3N3CCC(C)(C)CC3)nc2)cc1Cl. The second-order valence-corrected chi connectivity index (χ2v) is 13.1. The predicted molar refractivity (Wildman–Crippen MR) is 164 cm³/mol. The van der Waals surface area contributed by atoms with E-state index in [1.165, 1.54) is 0 Å². The molecule has 1 saturated heterocycles. The van der Waals surface area contributed by atoms with Gasteiger partial charge in [0.15, 0.2) is 6.10 Å². The Morgan fingerprint density at radius 3 is 2.39 bits per heavy atom. The average molecular weight is 580 g/mol. The summed E-state index contributed by atoms with van der Waals surface area (Å²) >= 11 is 6.26. The van der Waals surface area contributed by atoms with Crippen molar-refractivity contribution in [3.05, 3.63) is 70.1 Å². The van der Waals surface area contributed by atoms with Crippen LogP contribution in [0.1, 0.15) is 75.9 Å². The molecule has 0 aliphatic carbocycles. The normalized spacial score (nSPS) is 16.0. The minimum absolute atomic E-state index is 0.230. The molecule has 0 spiro atoms. The summed E-state index contributed by atoms with van der Waals surface area (Å²) in [4.78, 5) is 24.2. The Hall–Kier alpha value is -3.16. The van der Waals surface area contributed by atoms with Gasteiger partial charge in [-0.15, -0.1) is 0 Å². The molecular weight excluding hydrogens is 538 g/mol. The number of halogens is 1. The third-order valence-electron chi connectivity index (χ3n) is 7.59. The average Bonchev–Trinajstić information content (AvgIpc) is 2.89. The van der Waals surface area contributed by atoms with Crippen molar-refractivity contribution in [3.63, 3.8) is 0 Å². The van der Waals surface area contributed by atoms with Gasteiger partial charge in [0.1, 0.15) is 5.75 Å². The third-order valence-corrected chi connectivity index (χ3v) is 7.99. The minimum Gasteiger partial charge on any atom is -0.492 e. The Morgan fingerprint density at radius 2 is 1.80 bits per heavy atom. The monoisotopic (exact) mass is 579 g/mol. The topological polar surface area (TPSA) is 84.8 Å². The number of nitrogens with zero attached hydrogens (tertiary/aromatic N) is 3. The number of pyridine rings is 2. The van der Waals surface area contributed by atoms with E-state index in [1.54, 1.807) is 12.4 Å². The number of carboxylic acids is 1. The molecule has 0 saturated carbocycles. The van der Waals surface area contributed by atoms with E-state index in [4.69, 9.17) is 26.1 Å². The third kappa shape index (κ3) is 7.77. The Morgan fingerprint density at radius 1 is 1.10 bits per heavy atom. The fraction of sp³-hybridized carbons (Fsp3) is 0.485. The number of anilines is 1. The molecular formula is C33H42ClN3O4. The molecule has 1 aliphatic heterocycles. The van der Waals surface area contributed by atoms with E-state index in [-0.39, 0.29) is 5.41 Å². The first-order chi connectivity index (χ1) is 19.2. The summed E-state index contributed by atoms with van der Waals surface area (Å²) in [5, 5.41) is 11.1. The van der Waals surface area contributed by atoms with E-state index in [2.05, 4.69) is 29.8 Å². The van der Waals surface area contributed by atoms with Crippen LogP contribution in [-0.2, 0) is 16.0 Å². The maximum atomic E-state index is 12.6. The zero-order valence-electron chi connectivity index (χ0n) is 25.3. The Labute approximate surface area is 248 Å². The lowest BCUT2D eigenvalue weighted by Gasteiger charge is -2.40. The van der Waals surface area contributed by atoms with Crippen molar-refractivity contribution in [2.24, 2.45) is 5.41 Å². The Kier molecular flexibility index (Phi) is 9.29. The molecule has 3 heterocycles. The highest BCUT2D eigenvalue weighted by molar-refractivity contribution is 6.31. The molecule has 3 aromatic rings. The van der Waals surface area contributed by atoms with Crippen LogP contribution in [0.4, 0.5) is 5.69 Å². The molecule has 0 amide bonds. The lowest BCUT2D eigenvalue weighted by atomic mass is 9.82. The number of carbonyl (C=O) groups is 1. The van der Waals surface area contributed by atoms with Gasteiger partial charge in [0.25, 0.3) is 0 Å². The summed E-state index contributed by atoms with van der Waals surface area (Å²) in [5.41, 5.74) is 5.29. The number of ether oxygens (including phenoxy) is 2. The van der Waals surface area contributed by atoms with Crippen molar-refractivity contribution in [1.29, 1.82) is 0 Å². The molecule has 41 heavy (non-hydrogen) atoms. The van der Waals surface area contributed by atoms with Crippen molar-refractivity contribution in [3.8, 4) is 17.0 Å². The van der Waals surface area contributed by atoms with Crippen LogP contribution < -0.4 is 9.64 Å². The van der Waals surface area contributed by atoms with E-state index in [0.29, 0.717) is 29.3 Å². The molecule has 1 fully saturated rings. The zero-order chi connectivity index (χ0) is 29.9. The molecule has 0 radical (unpaired) electrons. The fourth-order valence-electron chi connectivity index (χ4n) is 5.08. The summed E-state index contributed by atoms with van der Waals surface area (Å²) in [5.74, 6) is -0.375. The van der Waals surface area contributed by atoms with Crippen LogP contribution in [0.3, 0.4) is 0 Å². The van der Waals surface area contributed by atoms with Crippen LogP contribution >= 0.6 is 11.6 Å². The van der Waals surface area contributed by atoms with E-state index in [9.17, 15) is 9.90 Å². The van der Waals surface area contributed by atoms with Gasteiger partial charge in [-0.1, -0.05) is 37.6 Å². The number of benzene rings is 1. The molecule has 1 aromatic carbocycles. The molecule has 2 aromatic heterocycles. The smallest absolute Gasteiger partial charge is 0.337 e. The van der Waals surface area contributed by atoms with Gasteiger partial charge in [-0.2, -0.15) is 0 Å². The second-order valence-electron chi connectivity index (χ2n) is 12.7. The first-order valence-electron chi connectivity index (χ1n) is 14.2. The highest BCUT2D eigenvalue weighted by Crippen LogP contribution is 2.43. The van der Waals surface area contributed by atoms with Crippen LogP contribution in [0.25, 0.3) is 11.3 Å². The van der Waals surface area contributed by atoms with Crippen LogP contribution in [0, 0.1) is 19.3 Å². The highest BCUT2D eigenvalue weighted by atomic mass is 35.5. The summed E-state index contributed by atoms with van der Waals surface area (Å²) in [7, 11) is 0. The first kappa shape index (κ1) is 30.8. The summed E-state index contributed by atoms with van der Waals surface area (Å²) in [6.45, 7) is 16.1. The lowest BCUT2D eigenvalue weighted by Crippen LogP contribution is -2.39. The molecule has 4 rings (SSSR count). The van der Waals surface area contributed by atoms with Crippen molar-refractivity contribution < 1.29 is 19.4 Å². The number of hydrogen-bond acceptors (Lipinski definition) is 6. The number of aromatic nitrogens is 2. The van der Waals surface area contributed by atoms with Gasteiger partial charge in [0.05, 0.1) is 29.8 Å². The quantitative estimate of drug-likeness (QED) is 0.279. The number of piperidine rings is 1. The molecule has 0 bridgehead atoms. The Bertz CT molecular complexity index is 1370. The van der Waals surface area contributed by atoms with Gasteiger partial charge < -0.3 is 19.5 Å². The van der Waals surface area contributed by atoms with E-state index >= 15 is 0 Å². The summed E-state index contributed by atoms with van der Waals surface area (Å²) in [6.07, 6.45) is 5.07. The van der Waals surface area contributed by atoms with Gasteiger partial charge in [0, 0.05) is 47.6 Å². The van der Waals surface area contributed by atoms with E-state index in [1.807, 2.05) is 58.9 Å². The van der Waals surface area contributed by atoms with Crippen molar-refractivity contribution in [2.45, 2.75) is 79.4 Å². The van der Waals surface area contributed by atoms with E-state index < -0.39 is 17.7 Å². The zero-order valence-corrected chi connectivity index (χ0v) is 26.0. The number of rotatable bonds is 9. The van der Waals surface area contributed by atoms with Crippen LogP contribution in [0.15, 0.2) is 42.7 Å². The number of carboxylic acid groups (broad SMARTS) is 1. The summed E-state index contributed by atoms with van der Waals surface area (Å²) in [6, 6.07) is 9.85. The van der Waals surface area contributed by atoms with Crippen LogP contribution in [0.2, 0.25) is 5.02 Å². The number of aryl methyl sites for hydroxylation is 2. The van der Waals surface area contributed by atoms with Gasteiger partial charge >= 0.3 is 5.97 Å². The molecule has 1 atom stereocenters. The van der Waals surface area contributed by atoms with Crippen LogP contribution in [0.5, 0.6) is 5.75 Å². The largest absolute Gasteiger partial charge is 0.492 e. The molecule has 1 N–H and O–H groups in total. The maximum absolute atomic E-state index is 12.6. The van der Waals surface area contributed by atoms with Gasteiger partial charge in [-0.25, -0.2) is 4.79 Å². The molecule has 1 unspecified atom stereocenters. The standard InChI is InChI=1S/C33H42ClN3O4/c1-21-8-9-23(18-26(21)34)12-17-40-24-10-11-27(36-19-24)25-20-35-22(2)28(30(31(38)39)41-32(3,4)5)29(25)37-15-13-33(6,7)14-16-37/h8-11,18-20,30H,12-17H2,1-7H3,(H,38,39). The second kappa shape index (κ2) is 12.4. The lowest BCUT2D eigenvalue weighted by molar-refractivity contribution is -0.160. The predicted octanol–water partition coefficient (Wildman–Crippen LogP) is 7.60. The van der Waals surface area contributed by atoms with Crippen LogP contribution in [-0.4, -0.2) is 46.3 Å². The fourth-order valence-corrected chi connectivity index (χ4v) is 5.28.